The van der Waals surface area contributed by atoms with Crippen LogP contribution in [0.15, 0.2) is 72.8 Å². The Morgan fingerprint density at radius 1 is 0.591 bits per heavy atom. The van der Waals surface area contributed by atoms with E-state index in [9.17, 15) is 4.39 Å². The first-order valence-electron chi connectivity index (χ1n) is 7.33. The summed E-state index contributed by atoms with van der Waals surface area (Å²) < 4.78 is 16.0. The summed E-state index contributed by atoms with van der Waals surface area (Å²) in [5.41, 5.74) is 3.41. The Hall–Kier alpha value is -2.87. The summed E-state index contributed by atoms with van der Waals surface area (Å²) in [6, 6.07) is 23.8. The summed E-state index contributed by atoms with van der Waals surface area (Å²) in [7, 11) is 0. The van der Waals surface area contributed by atoms with Gasteiger partial charge in [-0.25, -0.2) is 4.39 Å². The zero-order valence-corrected chi connectivity index (χ0v) is 11.8. The molecular weight excluding hydrogens is 273 g/mol. The van der Waals surface area contributed by atoms with Crippen molar-refractivity contribution in [1.82, 2.24) is 4.40 Å². The molecule has 2 heterocycles. The van der Waals surface area contributed by atoms with Crippen molar-refractivity contribution < 1.29 is 4.39 Å². The van der Waals surface area contributed by atoms with E-state index in [1.54, 1.807) is 6.07 Å². The average molecular weight is 285 g/mol. The summed E-state index contributed by atoms with van der Waals surface area (Å²) >= 11 is 0. The van der Waals surface area contributed by atoms with Gasteiger partial charge < -0.3 is 4.40 Å². The maximum atomic E-state index is 13.8. The lowest BCUT2D eigenvalue weighted by Crippen LogP contribution is -1.91. The second-order valence-electron chi connectivity index (χ2n) is 5.63. The number of benzene rings is 3. The van der Waals surface area contributed by atoms with Crippen molar-refractivity contribution in [3.8, 4) is 0 Å². The third-order valence-electron chi connectivity index (χ3n) is 4.40. The van der Waals surface area contributed by atoms with Gasteiger partial charge in [0, 0.05) is 16.2 Å². The van der Waals surface area contributed by atoms with Gasteiger partial charge >= 0.3 is 0 Å². The fraction of sp³-hybridized carbons (Fsp3) is 0. The number of fused-ring (bicyclic) bond motifs is 8. The van der Waals surface area contributed by atoms with Crippen LogP contribution < -0.4 is 0 Å². The summed E-state index contributed by atoms with van der Waals surface area (Å²) in [6.07, 6.45) is 0. The van der Waals surface area contributed by atoms with Gasteiger partial charge in [-0.15, -0.1) is 0 Å². The number of para-hydroxylation sites is 2. The number of pyridine rings is 1. The SMILES string of the molecule is Fc1ccc2c(c1)c1ccccc1n1c3ccccc3cc21. The standard InChI is InChI=1S/C20H12FN/c21-14-9-10-16-17(12-14)15-6-2-4-8-19(15)22-18-7-3-1-5-13(18)11-20(16)22/h1-12H. The molecule has 1 nitrogen and oxygen atoms in total. The van der Waals surface area contributed by atoms with Crippen LogP contribution in [0.5, 0.6) is 0 Å². The highest BCUT2D eigenvalue weighted by Gasteiger charge is 2.11. The highest BCUT2D eigenvalue weighted by Crippen LogP contribution is 2.34. The molecule has 22 heavy (non-hydrogen) atoms. The number of halogens is 1. The van der Waals surface area contributed by atoms with Crippen LogP contribution in [0.4, 0.5) is 4.39 Å². The molecule has 0 atom stereocenters. The molecule has 5 rings (SSSR count). The highest BCUT2D eigenvalue weighted by atomic mass is 19.1. The van der Waals surface area contributed by atoms with Crippen LogP contribution in [0.2, 0.25) is 0 Å². The molecule has 0 saturated carbocycles. The van der Waals surface area contributed by atoms with Gasteiger partial charge in [0.05, 0.1) is 16.6 Å². The van der Waals surface area contributed by atoms with Crippen molar-refractivity contribution in [3.63, 3.8) is 0 Å². The van der Waals surface area contributed by atoms with E-state index < -0.39 is 0 Å². The number of hydrogen-bond donors (Lipinski definition) is 0. The lowest BCUT2D eigenvalue weighted by Gasteiger charge is -2.10. The summed E-state index contributed by atoms with van der Waals surface area (Å²) in [6.45, 7) is 0. The molecular formula is C20H12FN. The lowest BCUT2D eigenvalue weighted by atomic mass is 10.0. The molecule has 0 fully saturated rings. The molecule has 0 radical (unpaired) electrons. The Labute approximate surface area is 126 Å². The zero-order chi connectivity index (χ0) is 14.7. The van der Waals surface area contributed by atoms with Crippen LogP contribution in [0.25, 0.3) is 38.1 Å². The Morgan fingerprint density at radius 3 is 2.23 bits per heavy atom. The Morgan fingerprint density at radius 2 is 1.32 bits per heavy atom. The summed E-state index contributed by atoms with van der Waals surface area (Å²) in [4.78, 5) is 0. The van der Waals surface area contributed by atoms with Gasteiger partial charge in [0.1, 0.15) is 5.82 Å². The minimum absolute atomic E-state index is 0.196. The van der Waals surface area contributed by atoms with Crippen molar-refractivity contribution in [1.29, 1.82) is 0 Å². The normalized spacial score (nSPS) is 11.9. The quantitative estimate of drug-likeness (QED) is 0.329. The van der Waals surface area contributed by atoms with Crippen molar-refractivity contribution in [3.05, 3.63) is 78.6 Å². The highest BCUT2D eigenvalue weighted by molar-refractivity contribution is 6.15. The third-order valence-corrected chi connectivity index (χ3v) is 4.40. The van der Waals surface area contributed by atoms with Crippen LogP contribution >= 0.6 is 0 Å². The van der Waals surface area contributed by atoms with E-state index in [-0.39, 0.29) is 5.82 Å². The monoisotopic (exact) mass is 285 g/mol. The summed E-state index contributed by atoms with van der Waals surface area (Å²) in [5.74, 6) is -0.196. The fourth-order valence-corrected chi connectivity index (χ4v) is 3.47. The Balaban J connectivity index is 2.22. The second kappa shape index (κ2) is 4.08. The third kappa shape index (κ3) is 1.41. The number of hydrogen-bond acceptors (Lipinski definition) is 0. The van der Waals surface area contributed by atoms with E-state index in [1.807, 2.05) is 24.3 Å². The fourth-order valence-electron chi connectivity index (χ4n) is 3.47. The van der Waals surface area contributed by atoms with Crippen molar-refractivity contribution in [2.75, 3.05) is 0 Å². The van der Waals surface area contributed by atoms with E-state index in [4.69, 9.17) is 0 Å². The molecule has 0 bridgehead atoms. The molecule has 0 amide bonds. The van der Waals surface area contributed by atoms with Gasteiger partial charge in [0.25, 0.3) is 0 Å². The molecule has 0 N–H and O–H groups in total. The molecule has 3 aromatic carbocycles. The summed E-state index contributed by atoms with van der Waals surface area (Å²) in [5, 5.41) is 4.32. The number of rotatable bonds is 0. The Kier molecular flexibility index (Phi) is 2.18. The zero-order valence-electron chi connectivity index (χ0n) is 11.8. The molecule has 0 aliphatic carbocycles. The minimum atomic E-state index is -0.196. The molecule has 2 aromatic heterocycles. The first-order chi connectivity index (χ1) is 10.8. The molecule has 0 spiro atoms. The van der Waals surface area contributed by atoms with E-state index in [1.165, 1.54) is 17.0 Å². The van der Waals surface area contributed by atoms with E-state index >= 15 is 0 Å². The van der Waals surface area contributed by atoms with Crippen LogP contribution in [0.1, 0.15) is 0 Å². The maximum Gasteiger partial charge on any atom is 0.123 e. The number of aromatic nitrogens is 1. The van der Waals surface area contributed by atoms with E-state index in [2.05, 4.69) is 40.8 Å². The molecule has 104 valence electrons. The first kappa shape index (κ1) is 11.8. The van der Waals surface area contributed by atoms with Gasteiger partial charge in [-0.05, 0) is 41.8 Å². The van der Waals surface area contributed by atoms with Gasteiger partial charge in [0.15, 0.2) is 0 Å². The van der Waals surface area contributed by atoms with Crippen LogP contribution in [0.3, 0.4) is 0 Å². The van der Waals surface area contributed by atoms with Crippen LogP contribution in [-0.4, -0.2) is 4.40 Å². The van der Waals surface area contributed by atoms with Crippen LogP contribution in [-0.2, 0) is 0 Å². The minimum Gasteiger partial charge on any atom is -0.309 e. The second-order valence-corrected chi connectivity index (χ2v) is 5.63. The molecule has 5 aromatic rings. The molecule has 0 saturated heterocycles. The van der Waals surface area contributed by atoms with Crippen molar-refractivity contribution >= 4 is 38.1 Å². The van der Waals surface area contributed by atoms with Gasteiger partial charge in [-0.3, -0.25) is 0 Å². The van der Waals surface area contributed by atoms with E-state index in [0.717, 1.165) is 27.2 Å². The van der Waals surface area contributed by atoms with Gasteiger partial charge in [-0.2, -0.15) is 0 Å². The van der Waals surface area contributed by atoms with Crippen molar-refractivity contribution in [2.24, 2.45) is 0 Å². The molecule has 2 heteroatoms. The molecule has 0 aliphatic heterocycles. The van der Waals surface area contributed by atoms with Crippen molar-refractivity contribution in [2.45, 2.75) is 0 Å². The number of nitrogens with zero attached hydrogens (tertiary/aromatic N) is 1. The average Bonchev–Trinajstić information content (AvgIpc) is 2.94. The smallest absolute Gasteiger partial charge is 0.123 e. The van der Waals surface area contributed by atoms with Crippen LogP contribution in [0, 0.1) is 5.82 Å². The van der Waals surface area contributed by atoms with E-state index in [0.29, 0.717) is 0 Å². The largest absolute Gasteiger partial charge is 0.309 e. The molecule has 0 aliphatic rings. The first-order valence-corrected chi connectivity index (χ1v) is 7.33. The lowest BCUT2D eigenvalue weighted by molar-refractivity contribution is 0.630. The molecule has 0 unspecified atom stereocenters. The Bertz CT molecular complexity index is 1180. The van der Waals surface area contributed by atoms with Gasteiger partial charge in [-0.1, -0.05) is 36.4 Å². The van der Waals surface area contributed by atoms with Gasteiger partial charge in [0.2, 0.25) is 0 Å². The maximum absolute atomic E-state index is 13.8. The topological polar surface area (TPSA) is 4.41 Å². The predicted molar refractivity (Wildman–Crippen MR) is 89.9 cm³/mol. The predicted octanol–water partition coefficient (Wildman–Crippen LogP) is 5.54.